The van der Waals surface area contributed by atoms with Gasteiger partial charge in [0.2, 0.25) is 5.91 Å². The van der Waals surface area contributed by atoms with Crippen molar-refractivity contribution >= 4 is 23.4 Å². The lowest BCUT2D eigenvalue weighted by atomic mass is 10.2. The van der Waals surface area contributed by atoms with Crippen LogP contribution in [0.25, 0.3) is 11.4 Å². The van der Waals surface area contributed by atoms with Crippen molar-refractivity contribution in [2.45, 2.75) is 36.2 Å². The molecule has 0 unspecified atom stereocenters. The molecule has 0 saturated heterocycles. The van der Waals surface area contributed by atoms with Crippen LogP contribution in [0.15, 0.2) is 53.7 Å². The summed E-state index contributed by atoms with van der Waals surface area (Å²) in [5.41, 5.74) is 1.56. The SMILES string of the molecule is C[C@H](Sc1nnc(-c2ccccc2F)n1C1CC1)C(=O)Nc1ccc(C#N)cc1. The molecule has 1 aromatic heterocycles. The molecule has 29 heavy (non-hydrogen) atoms. The van der Waals surface area contributed by atoms with Crippen LogP contribution in [0.2, 0.25) is 0 Å². The van der Waals surface area contributed by atoms with Crippen molar-refractivity contribution in [1.82, 2.24) is 14.8 Å². The molecule has 8 heteroatoms. The van der Waals surface area contributed by atoms with E-state index in [1.54, 1.807) is 49.4 Å². The van der Waals surface area contributed by atoms with E-state index < -0.39 is 5.25 Å². The number of nitrogens with one attached hydrogen (secondary N) is 1. The van der Waals surface area contributed by atoms with Gasteiger partial charge in [-0.2, -0.15) is 5.26 Å². The first-order valence-corrected chi connectivity index (χ1v) is 10.1. The topological polar surface area (TPSA) is 83.6 Å². The van der Waals surface area contributed by atoms with Crippen molar-refractivity contribution in [3.63, 3.8) is 0 Å². The highest BCUT2D eigenvalue weighted by Crippen LogP contribution is 2.42. The Hall–Kier alpha value is -3.18. The molecule has 0 spiro atoms. The third-order valence-electron chi connectivity index (χ3n) is 4.62. The summed E-state index contributed by atoms with van der Waals surface area (Å²) in [5.74, 6) is -0.0322. The minimum atomic E-state index is -0.430. The molecule has 1 aliphatic rings. The van der Waals surface area contributed by atoms with Gasteiger partial charge in [0.05, 0.1) is 22.4 Å². The Morgan fingerprint density at radius 2 is 1.97 bits per heavy atom. The monoisotopic (exact) mass is 407 g/mol. The van der Waals surface area contributed by atoms with Gasteiger partial charge in [0.25, 0.3) is 0 Å². The summed E-state index contributed by atoms with van der Waals surface area (Å²) in [5, 5.41) is 20.3. The van der Waals surface area contributed by atoms with E-state index in [9.17, 15) is 9.18 Å². The number of aromatic nitrogens is 3. The van der Waals surface area contributed by atoms with Crippen molar-refractivity contribution < 1.29 is 9.18 Å². The van der Waals surface area contributed by atoms with Crippen molar-refractivity contribution in [2.24, 2.45) is 0 Å². The third kappa shape index (κ3) is 4.15. The molecular formula is C21H18FN5OS. The van der Waals surface area contributed by atoms with E-state index in [0.717, 1.165) is 12.8 Å². The second-order valence-corrected chi connectivity index (χ2v) is 8.13. The van der Waals surface area contributed by atoms with Gasteiger partial charge < -0.3 is 5.32 Å². The van der Waals surface area contributed by atoms with Crippen LogP contribution in [0.4, 0.5) is 10.1 Å². The van der Waals surface area contributed by atoms with E-state index >= 15 is 0 Å². The number of amides is 1. The Kier molecular flexibility index (Phi) is 5.32. The quantitative estimate of drug-likeness (QED) is 0.612. The number of anilines is 1. The van der Waals surface area contributed by atoms with Gasteiger partial charge in [0.1, 0.15) is 5.82 Å². The highest BCUT2D eigenvalue weighted by Gasteiger charge is 2.32. The van der Waals surface area contributed by atoms with Gasteiger partial charge in [-0.05, 0) is 56.2 Å². The molecule has 2 aromatic carbocycles. The number of nitrogens with zero attached hydrogens (tertiary/aromatic N) is 4. The Morgan fingerprint density at radius 3 is 2.62 bits per heavy atom. The maximum atomic E-state index is 14.3. The number of thioether (sulfide) groups is 1. The zero-order valence-corrected chi connectivity index (χ0v) is 16.5. The Morgan fingerprint density at radius 1 is 1.24 bits per heavy atom. The molecule has 1 amide bonds. The minimum absolute atomic E-state index is 0.183. The van der Waals surface area contributed by atoms with E-state index in [0.29, 0.717) is 27.8 Å². The second kappa shape index (κ2) is 8.05. The van der Waals surface area contributed by atoms with E-state index in [-0.39, 0.29) is 17.8 Å². The average Bonchev–Trinajstić information content (AvgIpc) is 3.49. The number of carbonyl (C=O) groups is 1. The van der Waals surface area contributed by atoms with Gasteiger partial charge in [-0.25, -0.2) is 4.39 Å². The molecule has 1 atom stereocenters. The van der Waals surface area contributed by atoms with E-state index in [1.807, 2.05) is 10.6 Å². The number of rotatable bonds is 6. The summed E-state index contributed by atoms with van der Waals surface area (Å²) < 4.78 is 16.2. The first-order valence-electron chi connectivity index (χ1n) is 9.24. The molecule has 1 N–H and O–H groups in total. The van der Waals surface area contributed by atoms with Crippen molar-refractivity contribution in [1.29, 1.82) is 5.26 Å². The number of hydrogen-bond donors (Lipinski definition) is 1. The van der Waals surface area contributed by atoms with E-state index in [2.05, 4.69) is 15.5 Å². The summed E-state index contributed by atoms with van der Waals surface area (Å²) in [6.07, 6.45) is 1.97. The standard InChI is InChI=1S/C21H18FN5OS/c1-13(20(28)24-15-8-6-14(12-23)7-9-15)29-21-26-25-19(27(21)16-10-11-16)17-4-2-3-5-18(17)22/h2-9,13,16H,10-11H2,1H3,(H,24,28)/t13-/m0/s1. The van der Waals surface area contributed by atoms with Crippen LogP contribution in [0.1, 0.15) is 31.4 Å². The Balaban J connectivity index is 1.52. The second-order valence-electron chi connectivity index (χ2n) is 6.83. The fourth-order valence-corrected chi connectivity index (χ4v) is 3.85. The summed E-state index contributed by atoms with van der Waals surface area (Å²) in [7, 11) is 0. The van der Waals surface area contributed by atoms with Crippen molar-refractivity contribution in [3.8, 4) is 17.5 Å². The number of hydrogen-bond acceptors (Lipinski definition) is 5. The number of halogens is 1. The van der Waals surface area contributed by atoms with Gasteiger partial charge >= 0.3 is 0 Å². The average molecular weight is 407 g/mol. The first-order chi connectivity index (χ1) is 14.1. The van der Waals surface area contributed by atoms with E-state index in [4.69, 9.17) is 5.26 Å². The maximum absolute atomic E-state index is 14.3. The van der Waals surface area contributed by atoms with Crippen LogP contribution in [-0.2, 0) is 4.79 Å². The van der Waals surface area contributed by atoms with Gasteiger partial charge in [-0.3, -0.25) is 9.36 Å². The van der Waals surface area contributed by atoms with Crippen LogP contribution in [0.3, 0.4) is 0 Å². The summed E-state index contributed by atoms with van der Waals surface area (Å²) in [6.45, 7) is 1.79. The lowest BCUT2D eigenvalue weighted by molar-refractivity contribution is -0.115. The Labute approximate surface area is 171 Å². The zero-order chi connectivity index (χ0) is 20.4. The number of benzene rings is 2. The lowest BCUT2D eigenvalue weighted by Gasteiger charge is -2.13. The van der Waals surface area contributed by atoms with Crippen LogP contribution in [-0.4, -0.2) is 25.9 Å². The number of nitriles is 1. The largest absolute Gasteiger partial charge is 0.325 e. The summed E-state index contributed by atoms with van der Waals surface area (Å²) in [4.78, 5) is 12.6. The molecular weight excluding hydrogens is 389 g/mol. The molecule has 1 saturated carbocycles. The molecule has 6 nitrogen and oxygen atoms in total. The van der Waals surface area contributed by atoms with Crippen molar-refractivity contribution in [2.75, 3.05) is 5.32 Å². The molecule has 1 fully saturated rings. The summed E-state index contributed by atoms with van der Waals surface area (Å²) in [6, 6.07) is 15.5. The molecule has 0 radical (unpaired) electrons. The highest BCUT2D eigenvalue weighted by molar-refractivity contribution is 8.00. The maximum Gasteiger partial charge on any atom is 0.237 e. The predicted octanol–water partition coefficient (Wildman–Crippen LogP) is 4.41. The fraction of sp³-hybridized carbons (Fsp3) is 0.238. The van der Waals surface area contributed by atoms with E-state index in [1.165, 1.54) is 17.8 Å². The molecule has 3 aromatic rings. The van der Waals surface area contributed by atoms with Crippen LogP contribution in [0.5, 0.6) is 0 Å². The molecule has 0 bridgehead atoms. The van der Waals surface area contributed by atoms with Crippen LogP contribution in [0, 0.1) is 17.1 Å². The Bertz CT molecular complexity index is 1090. The highest BCUT2D eigenvalue weighted by atomic mass is 32.2. The minimum Gasteiger partial charge on any atom is -0.325 e. The molecule has 146 valence electrons. The molecule has 1 aliphatic carbocycles. The molecule has 4 rings (SSSR count). The van der Waals surface area contributed by atoms with Gasteiger partial charge in [0.15, 0.2) is 11.0 Å². The van der Waals surface area contributed by atoms with Crippen LogP contribution < -0.4 is 5.32 Å². The van der Waals surface area contributed by atoms with Gasteiger partial charge in [0, 0.05) is 11.7 Å². The normalized spacial score (nSPS) is 14.2. The zero-order valence-electron chi connectivity index (χ0n) is 15.7. The molecule has 1 heterocycles. The fourth-order valence-electron chi connectivity index (χ4n) is 2.93. The third-order valence-corrected chi connectivity index (χ3v) is 5.68. The number of carbonyl (C=O) groups excluding carboxylic acids is 1. The van der Waals surface area contributed by atoms with Gasteiger partial charge in [-0.15, -0.1) is 10.2 Å². The summed E-state index contributed by atoms with van der Waals surface area (Å²) >= 11 is 1.30. The first kappa shape index (κ1) is 19.2. The molecule has 0 aliphatic heterocycles. The van der Waals surface area contributed by atoms with Gasteiger partial charge in [-0.1, -0.05) is 23.9 Å². The van der Waals surface area contributed by atoms with Crippen molar-refractivity contribution in [3.05, 3.63) is 59.9 Å². The predicted molar refractivity (Wildman–Crippen MR) is 109 cm³/mol. The smallest absolute Gasteiger partial charge is 0.237 e. The lowest BCUT2D eigenvalue weighted by Crippen LogP contribution is -2.23. The van der Waals surface area contributed by atoms with Crippen LogP contribution >= 0.6 is 11.8 Å².